The molecule has 0 radical (unpaired) electrons. The number of amides is 1. The highest BCUT2D eigenvalue weighted by Gasteiger charge is 2.12. The molecule has 1 aromatic carbocycles. The summed E-state index contributed by atoms with van der Waals surface area (Å²) in [6.45, 7) is 1.31. The lowest BCUT2D eigenvalue weighted by Crippen LogP contribution is -2.24. The summed E-state index contributed by atoms with van der Waals surface area (Å²) in [6, 6.07) is 7.51. The van der Waals surface area contributed by atoms with E-state index >= 15 is 0 Å². The zero-order valence-electron chi connectivity index (χ0n) is 10.0. The molecule has 0 aliphatic rings. The van der Waals surface area contributed by atoms with Crippen molar-refractivity contribution in [3.05, 3.63) is 36.1 Å². The number of rotatable bonds is 5. The zero-order valence-corrected chi connectivity index (χ0v) is 10.8. The normalized spacial score (nSPS) is 10.1. The van der Waals surface area contributed by atoms with E-state index in [9.17, 15) is 4.79 Å². The lowest BCUT2D eigenvalue weighted by atomic mass is 10.1. The molecular weight excluding hydrogens is 252 g/mol. The quantitative estimate of drug-likeness (QED) is 0.818. The maximum atomic E-state index is 11.9. The Hall–Kier alpha value is -1.52. The summed E-state index contributed by atoms with van der Waals surface area (Å²) in [5.74, 6) is -0.0908. The summed E-state index contributed by atoms with van der Waals surface area (Å²) in [4.78, 5) is 11.9. The van der Waals surface area contributed by atoms with Gasteiger partial charge in [0.25, 0.3) is 5.91 Å². The molecule has 0 spiro atoms. The van der Waals surface area contributed by atoms with Gasteiger partial charge in [-0.05, 0) is 25.5 Å². The van der Waals surface area contributed by atoms with Crippen LogP contribution in [0.2, 0.25) is 0 Å². The Morgan fingerprint density at radius 1 is 1.28 bits per heavy atom. The van der Waals surface area contributed by atoms with Gasteiger partial charge in [-0.1, -0.05) is 18.2 Å². The van der Waals surface area contributed by atoms with E-state index in [4.69, 9.17) is 10.2 Å². The molecule has 1 heterocycles. The van der Waals surface area contributed by atoms with Gasteiger partial charge < -0.3 is 15.5 Å². The summed E-state index contributed by atoms with van der Waals surface area (Å²) in [5, 5.41) is 3.71. The van der Waals surface area contributed by atoms with E-state index in [0.717, 1.165) is 23.8 Å². The fraction of sp³-hybridized carbons (Fsp3) is 0.308. The number of benzene rings is 1. The molecule has 1 aromatic heterocycles. The maximum absolute atomic E-state index is 11.9. The molecule has 0 bridgehead atoms. The molecule has 2 aromatic rings. The van der Waals surface area contributed by atoms with Crippen LogP contribution in [0, 0.1) is 0 Å². The van der Waals surface area contributed by atoms with Gasteiger partial charge in [-0.15, -0.1) is 12.4 Å². The van der Waals surface area contributed by atoms with Crippen LogP contribution in [0.15, 0.2) is 34.9 Å². The van der Waals surface area contributed by atoms with Crippen LogP contribution in [0.4, 0.5) is 0 Å². The Labute approximate surface area is 112 Å². The van der Waals surface area contributed by atoms with E-state index in [1.807, 2.05) is 24.3 Å². The highest BCUT2D eigenvalue weighted by atomic mass is 35.5. The molecule has 2 rings (SSSR count). The van der Waals surface area contributed by atoms with Crippen LogP contribution in [0.1, 0.15) is 23.2 Å². The first kappa shape index (κ1) is 14.5. The number of carbonyl (C=O) groups is 1. The minimum atomic E-state index is -0.0908. The summed E-state index contributed by atoms with van der Waals surface area (Å²) in [7, 11) is 0. The van der Waals surface area contributed by atoms with Crippen LogP contribution in [0.3, 0.4) is 0 Å². The molecule has 0 unspecified atom stereocenters. The van der Waals surface area contributed by atoms with Crippen molar-refractivity contribution in [2.75, 3.05) is 13.1 Å². The second-order valence-electron chi connectivity index (χ2n) is 3.90. The molecule has 18 heavy (non-hydrogen) atoms. The van der Waals surface area contributed by atoms with E-state index in [0.29, 0.717) is 18.7 Å². The standard InChI is InChI=1S/C13H16N2O2.ClH/c14-7-3-4-8-15-13(16)11-9-17-12-6-2-1-5-10(11)12;/h1-2,5-6,9H,3-4,7-8,14H2,(H,15,16);1H. The Bertz CT molecular complexity index is 510. The van der Waals surface area contributed by atoms with Crippen molar-refractivity contribution >= 4 is 29.3 Å². The minimum Gasteiger partial charge on any atom is -0.463 e. The highest BCUT2D eigenvalue weighted by Crippen LogP contribution is 2.20. The van der Waals surface area contributed by atoms with Crippen molar-refractivity contribution in [3.8, 4) is 0 Å². The first-order valence-electron chi connectivity index (χ1n) is 5.77. The summed E-state index contributed by atoms with van der Waals surface area (Å²) in [6.07, 6.45) is 3.33. The second-order valence-corrected chi connectivity index (χ2v) is 3.90. The van der Waals surface area contributed by atoms with E-state index < -0.39 is 0 Å². The topological polar surface area (TPSA) is 68.3 Å². The molecule has 1 amide bonds. The average Bonchev–Trinajstić information content (AvgIpc) is 2.78. The van der Waals surface area contributed by atoms with Gasteiger partial charge in [0.2, 0.25) is 0 Å². The Morgan fingerprint density at radius 2 is 2.06 bits per heavy atom. The maximum Gasteiger partial charge on any atom is 0.255 e. The highest BCUT2D eigenvalue weighted by molar-refractivity contribution is 6.05. The van der Waals surface area contributed by atoms with Gasteiger partial charge in [0.15, 0.2) is 0 Å². The molecule has 0 fully saturated rings. The number of halogens is 1. The molecule has 3 N–H and O–H groups in total. The van der Waals surface area contributed by atoms with E-state index in [1.54, 1.807) is 0 Å². The molecule has 0 saturated carbocycles. The fourth-order valence-electron chi connectivity index (χ4n) is 1.72. The van der Waals surface area contributed by atoms with Crippen LogP contribution in [-0.4, -0.2) is 19.0 Å². The van der Waals surface area contributed by atoms with Crippen molar-refractivity contribution in [1.82, 2.24) is 5.32 Å². The molecule has 0 aliphatic carbocycles. The first-order chi connectivity index (χ1) is 8.33. The monoisotopic (exact) mass is 268 g/mol. The smallest absolute Gasteiger partial charge is 0.255 e. The van der Waals surface area contributed by atoms with Crippen molar-refractivity contribution < 1.29 is 9.21 Å². The molecule has 0 aliphatic heterocycles. The van der Waals surface area contributed by atoms with Crippen molar-refractivity contribution in [2.24, 2.45) is 5.73 Å². The predicted octanol–water partition coefficient (Wildman–Crippen LogP) is 2.32. The van der Waals surface area contributed by atoms with Gasteiger partial charge in [-0.2, -0.15) is 0 Å². The zero-order chi connectivity index (χ0) is 12.1. The second kappa shape index (κ2) is 7.03. The average molecular weight is 269 g/mol. The molecule has 0 atom stereocenters. The van der Waals surface area contributed by atoms with Gasteiger partial charge in [-0.3, -0.25) is 4.79 Å². The van der Waals surface area contributed by atoms with Crippen LogP contribution >= 0.6 is 12.4 Å². The third kappa shape index (κ3) is 3.24. The van der Waals surface area contributed by atoms with Crippen LogP contribution in [-0.2, 0) is 0 Å². The third-order valence-electron chi connectivity index (χ3n) is 2.64. The van der Waals surface area contributed by atoms with Gasteiger partial charge in [0.05, 0.1) is 5.56 Å². The Kier molecular flexibility index (Phi) is 5.68. The number of nitrogens with two attached hydrogens (primary N) is 1. The Balaban J connectivity index is 0.00000162. The predicted molar refractivity (Wildman–Crippen MR) is 74.1 cm³/mol. The third-order valence-corrected chi connectivity index (χ3v) is 2.64. The number of carbonyl (C=O) groups excluding carboxylic acids is 1. The van der Waals surface area contributed by atoms with E-state index in [-0.39, 0.29) is 18.3 Å². The molecule has 98 valence electrons. The Morgan fingerprint density at radius 3 is 2.83 bits per heavy atom. The lowest BCUT2D eigenvalue weighted by molar-refractivity contribution is 0.0954. The van der Waals surface area contributed by atoms with E-state index in [2.05, 4.69) is 5.32 Å². The molecule has 4 nitrogen and oxygen atoms in total. The van der Waals surface area contributed by atoms with Crippen LogP contribution < -0.4 is 11.1 Å². The van der Waals surface area contributed by atoms with Gasteiger partial charge >= 0.3 is 0 Å². The fourth-order valence-corrected chi connectivity index (χ4v) is 1.72. The number of hydrogen-bond acceptors (Lipinski definition) is 3. The molecular formula is C13H17ClN2O2. The lowest BCUT2D eigenvalue weighted by Gasteiger charge is -2.02. The van der Waals surface area contributed by atoms with E-state index in [1.165, 1.54) is 6.26 Å². The molecule has 5 heteroatoms. The van der Waals surface area contributed by atoms with Crippen LogP contribution in [0.25, 0.3) is 11.0 Å². The number of fused-ring (bicyclic) bond motifs is 1. The van der Waals surface area contributed by atoms with Gasteiger partial charge in [0.1, 0.15) is 11.8 Å². The number of unbranched alkanes of at least 4 members (excludes halogenated alkanes) is 1. The van der Waals surface area contributed by atoms with Gasteiger partial charge in [0, 0.05) is 11.9 Å². The SMILES string of the molecule is Cl.NCCCCNC(=O)c1coc2ccccc12. The largest absolute Gasteiger partial charge is 0.463 e. The number of furan rings is 1. The van der Waals surface area contributed by atoms with Crippen LogP contribution in [0.5, 0.6) is 0 Å². The van der Waals surface area contributed by atoms with Crippen molar-refractivity contribution in [1.29, 1.82) is 0 Å². The minimum absolute atomic E-state index is 0. The first-order valence-corrected chi connectivity index (χ1v) is 5.77. The van der Waals surface area contributed by atoms with Crippen molar-refractivity contribution in [3.63, 3.8) is 0 Å². The molecule has 0 saturated heterocycles. The van der Waals surface area contributed by atoms with Gasteiger partial charge in [-0.25, -0.2) is 0 Å². The number of nitrogens with one attached hydrogen (secondary N) is 1. The number of hydrogen-bond donors (Lipinski definition) is 2. The number of para-hydroxylation sites is 1. The van der Waals surface area contributed by atoms with Crippen molar-refractivity contribution in [2.45, 2.75) is 12.8 Å². The summed E-state index contributed by atoms with van der Waals surface area (Å²) in [5.41, 5.74) is 6.71. The summed E-state index contributed by atoms with van der Waals surface area (Å²) >= 11 is 0. The summed E-state index contributed by atoms with van der Waals surface area (Å²) < 4.78 is 5.32.